The van der Waals surface area contributed by atoms with Crippen LogP contribution in [-0.4, -0.2) is 32.6 Å². The molecule has 8 nitrogen and oxygen atoms in total. The summed E-state index contributed by atoms with van der Waals surface area (Å²) in [6, 6.07) is 0. The molecule has 0 aliphatic heterocycles. The molecule has 1 saturated carbocycles. The lowest BCUT2D eigenvalue weighted by Crippen LogP contribution is -2.35. The monoisotopic (exact) mass is 390 g/mol. The number of aromatic nitrogens is 4. The van der Waals surface area contributed by atoms with E-state index in [1.807, 2.05) is 6.92 Å². The van der Waals surface area contributed by atoms with Gasteiger partial charge in [0.15, 0.2) is 5.65 Å². The van der Waals surface area contributed by atoms with E-state index in [4.69, 9.17) is 9.72 Å². The SMILES string of the molecule is CCCn1c(=O)[nH]c(=O)c2[nH]c(C3(C)CCC(C)(CCC(=O)OC)CC3)nc21. The van der Waals surface area contributed by atoms with E-state index in [0.29, 0.717) is 24.1 Å². The van der Waals surface area contributed by atoms with Crippen LogP contribution in [0.1, 0.15) is 71.5 Å². The average Bonchev–Trinajstić information content (AvgIpc) is 3.13. The van der Waals surface area contributed by atoms with Gasteiger partial charge in [-0.1, -0.05) is 20.8 Å². The molecule has 2 heterocycles. The van der Waals surface area contributed by atoms with Gasteiger partial charge in [-0.25, -0.2) is 9.78 Å². The van der Waals surface area contributed by atoms with Crippen LogP contribution in [0.5, 0.6) is 0 Å². The van der Waals surface area contributed by atoms with Crippen LogP contribution in [0.25, 0.3) is 11.2 Å². The Labute approximate surface area is 163 Å². The molecule has 2 N–H and O–H groups in total. The predicted octanol–water partition coefficient (Wildman–Crippen LogP) is 2.61. The zero-order valence-electron chi connectivity index (χ0n) is 17.2. The Balaban J connectivity index is 1.86. The van der Waals surface area contributed by atoms with E-state index in [1.54, 1.807) is 0 Å². The summed E-state index contributed by atoms with van der Waals surface area (Å²) in [4.78, 5) is 46.2. The lowest BCUT2D eigenvalue weighted by molar-refractivity contribution is -0.141. The first-order chi connectivity index (χ1) is 13.2. The summed E-state index contributed by atoms with van der Waals surface area (Å²) >= 11 is 0. The number of methoxy groups -OCH3 is 1. The van der Waals surface area contributed by atoms with Crippen molar-refractivity contribution in [1.29, 1.82) is 0 Å². The van der Waals surface area contributed by atoms with Crippen LogP contribution in [0.15, 0.2) is 9.59 Å². The Hall–Kier alpha value is -2.38. The van der Waals surface area contributed by atoms with Gasteiger partial charge in [-0.15, -0.1) is 0 Å². The second-order valence-electron chi connectivity index (χ2n) is 8.64. The maximum absolute atomic E-state index is 12.3. The highest BCUT2D eigenvalue weighted by molar-refractivity contribution is 5.70. The summed E-state index contributed by atoms with van der Waals surface area (Å²) in [6.45, 7) is 6.87. The van der Waals surface area contributed by atoms with Gasteiger partial charge >= 0.3 is 11.7 Å². The molecule has 1 aliphatic rings. The fourth-order valence-electron chi connectivity index (χ4n) is 4.16. The maximum atomic E-state index is 12.3. The number of imidazole rings is 1. The Bertz CT molecular complexity index is 976. The lowest BCUT2D eigenvalue weighted by Gasteiger charge is -2.42. The standard InChI is InChI=1S/C20H30N4O4/c1-5-12-24-15-14(16(26)23-18(24)27)21-17(22-15)20(3)10-8-19(2,9-11-20)7-6-13(25)28-4/h5-12H2,1-4H3,(H,21,22)(H,23,26,27). The molecule has 1 fully saturated rings. The zero-order valence-corrected chi connectivity index (χ0v) is 17.2. The average molecular weight is 390 g/mol. The third-order valence-electron chi connectivity index (χ3n) is 6.37. The van der Waals surface area contributed by atoms with Crippen LogP contribution < -0.4 is 11.2 Å². The Morgan fingerprint density at radius 2 is 1.86 bits per heavy atom. The number of fused-ring (bicyclic) bond motifs is 1. The number of esters is 1. The fourth-order valence-corrected chi connectivity index (χ4v) is 4.16. The highest BCUT2D eigenvalue weighted by Gasteiger charge is 2.40. The quantitative estimate of drug-likeness (QED) is 0.737. The minimum absolute atomic E-state index is 0.0987. The molecule has 0 atom stereocenters. The van der Waals surface area contributed by atoms with Crippen molar-refractivity contribution in [2.24, 2.45) is 5.41 Å². The van der Waals surface area contributed by atoms with Crippen LogP contribution >= 0.6 is 0 Å². The summed E-state index contributed by atoms with van der Waals surface area (Å²) in [6.07, 6.45) is 5.77. The van der Waals surface area contributed by atoms with Gasteiger partial charge in [-0.3, -0.25) is 19.1 Å². The van der Waals surface area contributed by atoms with E-state index in [-0.39, 0.29) is 16.8 Å². The molecular formula is C20H30N4O4. The highest BCUT2D eigenvalue weighted by atomic mass is 16.5. The van der Waals surface area contributed by atoms with Gasteiger partial charge < -0.3 is 9.72 Å². The molecule has 2 aromatic rings. The molecule has 2 aromatic heterocycles. The van der Waals surface area contributed by atoms with Crippen molar-refractivity contribution in [3.63, 3.8) is 0 Å². The summed E-state index contributed by atoms with van der Waals surface area (Å²) < 4.78 is 6.30. The van der Waals surface area contributed by atoms with Gasteiger partial charge in [0.2, 0.25) is 0 Å². The second-order valence-corrected chi connectivity index (χ2v) is 8.64. The molecular weight excluding hydrogens is 360 g/mol. The highest BCUT2D eigenvalue weighted by Crippen LogP contribution is 2.48. The van der Waals surface area contributed by atoms with Gasteiger partial charge in [0.05, 0.1) is 7.11 Å². The second kappa shape index (κ2) is 7.56. The van der Waals surface area contributed by atoms with Gasteiger partial charge in [0, 0.05) is 18.4 Å². The Morgan fingerprint density at radius 3 is 2.46 bits per heavy atom. The van der Waals surface area contributed by atoms with Gasteiger partial charge in [0.1, 0.15) is 11.3 Å². The van der Waals surface area contributed by atoms with E-state index in [1.165, 1.54) is 11.7 Å². The number of nitrogens with one attached hydrogen (secondary N) is 2. The molecule has 0 saturated heterocycles. The van der Waals surface area contributed by atoms with Crippen molar-refractivity contribution in [3.8, 4) is 0 Å². The smallest absolute Gasteiger partial charge is 0.330 e. The van der Waals surface area contributed by atoms with Crippen molar-refractivity contribution < 1.29 is 9.53 Å². The maximum Gasteiger partial charge on any atom is 0.330 e. The molecule has 154 valence electrons. The van der Waals surface area contributed by atoms with Crippen molar-refractivity contribution in [2.75, 3.05) is 7.11 Å². The first kappa shape index (κ1) is 20.4. The predicted molar refractivity (Wildman–Crippen MR) is 106 cm³/mol. The number of hydrogen-bond acceptors (Lipinski definition) is 5. The lowest BCUT2D eigenvalue weighted by atomic mass is 9.63. The molecule has 0 aromatic carbocycles. The van der Waals surface area contributed by atoms with Crippen LogP contribution in [0, 0.1) is 5.41 Å². The number of nitrogens with zero attached hydrogens (tertiary/aromatic N) is 2. The number of carbonyl (C=O) groups is 1. The van der Waals surface area contributed by atoms with E-state index in [0.717, 1.165) is 44.3 Å². The minimum Gasteiger partial charge on any atom is -0.469 e. The van der Waals surface area contributed by atoms with Crippen molar-refractivity contribution in [2.45, 2.75) is 77.7 Å². The number of carbonyl (C=O) groups excluding carboxylic acids is 1. The van der Waals surface area contributed by atoms with E-state index < -0.39 is 11.2 Å². The molecule has 0 spiro atoms. The van der Waals surface area contributed by atoms with Crippen LogP contribution in [0.3, 0.4) is 0 Å². The topological polar surface area (TPSA) is 110 Å². The van der Waals surface area contributed by atoms with Crippen molar-refractivity contribution in [3.05, 3.63) is 26.7 Å². The molecule has 0 radical (unpaired) electrons. The van der Waals surface area contributed by atoms with Crippen LogP contribution in [0.2, 0.25) is 0 Å². The van der Waals surface area contributed by atoms with Crippen molar-refractivity contribution >= 4 is 17.1 Å². The number of aromatic amines is 2. The van der Waals surface area contributed by atoms with E-state index in [2.05, 4.69) is 23.8 Å². The van der Waals surface area contributed by atoms with E-state index >= 15 is 0 Å². The van der Waals surface area contributed by atoms with Gasteiger partial charge in [0.25, 0.3) is 5.56 Å². The summed E-state index contributed by atoms with van der Waals surface area (Å²) in [5.74, 6) is 0.596. The molecule has 28 heavy (non-hydrogen) atoms. The number of aryl methyl sites for hydroxylation is 1. The third-order valence-corrected chi connectivity index (χ3v) is 6.37. The molecule has 3 rings (SSSR count). The molecule has 0 unspecified atom stereocenters. The first-order valence-electron chi connectivity index (χ1n) is 10.0. The summed E-state index contributed by atoms with van der Waals surface area (Å²) in [5.41, 5.74) is -0.130. The Kier molecular flexibility index (Phi) is 5.50. The summed E-state index contributed by atoms with van der Waals surface area (Å²) in [5, 5.41) is 0. The number of rotatable bonds is 6. The van der Waals surface area contributed by atoms with E-state index in [9.17, 15) is 14.4 Å². The summed E-state index contributed by atoms with van der Waals surface area (Å²) in [7, 11) is 1.42. The third kappa shape index (κ3) is 3.77. The van der Waals surface area contributed by atoms with Crippen molar-refractivity contribution in [1.82, 2.24) is 19.5 Å². The minimum atomic E-state index is -0.423. The van der Waals surface area contributed by atoms with Gasteiger partial charge in [-0.2, -0.15) is 0 Å². The fraction of sp³-hybridized carbons (Fsp3) is 0.700. The largest absolute Gasteiger partial charge is 0.469 e. The Morgan fingerprint density at radius 1 is 1.18 bits per heavy atom. The normalized spacial score (nSPS) is 25.1. The zero-order chi connectivity index (χ0) is 20.5. The van der Waals surface area contributed by atoms with Crippen LogP contribution in [-0.2, 0) is 21.5 Å². The molecule has 8 heteroatoms. The molecule has 0 amide bonds. The molecule has 1 aliphatic carbocycles. The number of ether oxygens (including phenoxy) is 1. The van der Waals surface area contributed by atoms with Gasteiger partial charge in [-0.05, 0) is 43.9 Å². The number of H-pyrrole nitrogens is 2. The number of hydrogen-bond donors (Lipinski definition) is 2. The van der Waals surface area contributed by atoms with Crippen LogP contribution in [0.4, 0.5) is 0 Å². The first-order valence-corrected chi connectivity index (χ1v) is 10.0. The molecule has 0 bridgehead atoms.